The Kier molecular flexibility index (Phi) is 3.36. The highest BCUT2D eigenvalue weighted by Gasteiger charge is 2.35. The predicted octanol–water partition coefficient (Wildman–Crippen LogP) is 2.24. The number of likely N-dealkylation sites (tertiary alicyclic amines) is 1. The minimum atomic E-state index is 0.377. The van der Waals surface area contributed by atoms with Crippen molar-refractivity contribution in [3.05, 3.63) is 0 Å². The van der Waals surface area contributed by atoms with E-state index in [1.165, 1.54) is 51.7 Å². The Morgan fingerprint density at radius 1 is 1.40 bits per heavy atom. The Balaban J connectivity index is 1.82. The molecule has 2 nitrogen and oxygen atoms in total. The third-order valence-corrected chi connectivity index (χ3v) is 4.45. The van der Waals surface area contributed by atoms with E-state index in [1.807, 2.05) is 0 Å². The van der Waals surface area contributed by atoms with Gasteiger partial charge in [0.2, 0.25) is 0 Å². The van der Waals surface area contributed by atoms with Crippen molar-refractivity contribution in [1.82, 2.24) is 4.90 Å². The summed E-state index contributed by atoms with van der Waals surface area (Å²) < 4.78 is 0. The molecule has 0 aromatic rings. The number of nitrogens with two attached hydrogens (primary N) is 1. The van der Waals surface area contributed by atoms with Gasteiger partial charge in [0.15, 0.2) is 0 Å². The molecule has 2 atom stereocenters. The minimum Gasteiger partial charge on any atom is -0.328 e. The molecule has 1 aliphatic carbocycles. The second kappa shape index (κ2) is 4.42. The van der Waals surface area contributed by atoms with Crippen molar-refractivity contribution in [2.45, 2.75) is 52.0 Å². The molecular formula is C13H26N2. The maximum atomic E-state index is 6.01. The number of piperidine rings is 1. The van der Waals surface area contributed by atoms with E-state index >= 15 is 0 Å². The summed E-state index contributed by atoms with van der Waals surface area (Å²) in [5.41, 5.74) is 6.65. The molecule has 2 fully saturated rings. The average Bonchev–Trinajstić information content (AvgIpc) is 2.16. The van der Waals surface area contributed by atoms with Gasteiger partial charge in [-0.05, 0) is 50.5 Å². The van der Waals surface area contributed by atoms with Crippen LogP contribution in [0.2, 0.25) is 0 Å². The lowest BCUT2D eigenvalue weighted by molar-refractivity contribution is 0.0557. The normalized spacial score (nSPS) is 33.4. The van der Waals surface area contributed by atoms with Crippen LogP contribution in [0.5, 0.6) is 0 Å². The first-order chi connectivity index (χ1) is 7.09. The second-order valence-electron chi connectivity index (χ2n) is 6.16. The highest BCUT2D eigenvalue weighted by Crippen LogP contribution is 2.41. The molecule has 0 aromatic carbocycles. The van der Waals surface area contributed by atoms with Gasteiger partial charge >= 0.3 is 0 Å². The van der Waals surface area contributed by atoms with Gasteiger partial charge in [0.1, 0.15) is 0 Å². The van der Waals surface area contributed by atoms with E-state index in [-0.39, 0.29) is 0 Å². The van der Waals surface area contributed by atoms with Crippen molar-refractivity contribution >= 4 is 0 Å². The molecule has 2 unspecified atom stereocenters. The zero-order chi connectivity index (χ0) is 10.9. The van der Waals surface area contributed by atoms with E-state index in [0.717, 1.165) is 5.92 Å². The van der Waals surface area contributed by atoms with Crippen LogP contribution in [0.1, 0.15) is 46.0 Å². The van der Waals surface area contributed by atoms with Crippen LogP contribution in [0.3, 0.4) is 0 Å². The predicted molar refractivity (Wildman–Crippen MR) is 64.8 cm³/mol. The van der Waals surface area contributed by atoms with Gasteiger partial charge in [-0.15, -0.1) is 0 Å². The summed E-state index contributed by atoms with van der Waals surface area (Å²) >= 11 is 0. The Morgan fingerprint density at radius 2 is 2.13 bits per heavy atom. The van der Waals surface area contributed by atoms with Crippen molar-refractivity contribution in [1.29, 1.82) is 0 Å². The molecular weight excluding hydrogens is 184 g/mol. The number of nitrogens with zero attached hydrogens (tertiary/aromatic N) is 1. The summed E-state index contributed by atoms with van der Waals surface area (Å²) in [6, 6.07) is 0.377. The Morgan fingerprint density at radius 3 is 2.67 bits per heavy atom. The Hall–Kier alpha value is -0.0800. The first-order valence-electron chi connectivity index (χ1n) is 6.57. The Labute approximate surface area is 94.2 Å². The van der Waals surface area contributed by atoms with Crippen molar-refractivity contribution in [2.75, 3.05) is 19.6 Å². The molecule has 0 radical (unpaired) electrons. The van der Waals surface area contributed by atoms with E-state index in [1.54, 1.807) is 0 Å². The van der Waals surface area contributed by atoms with E-state index < -0.39 is 0 Å². The van der Waals surface area contributed by atoms with E-state index in [9.17, 15) is 0 Å². The van der Waals surface area contributed by atoms with Crippen LogP contribution in [-0.4, -0.2) is 30.6 Å². The standard InChI is InChI=1S/C13H26N2/c1-11(14)12-5-3-8-15(9-12)10-13(2)6-4-7-13/h11-12H,3-10,14H2,1-2H3. The maximum absolute atomic E-state index is 6.01. The molecule has 1 aliphatic heterocycles. The lowest BCUT2D eigenvalue weighted by Gasteiger charge is -2.45. The molecule has 15 heavy (non-hydrogen) atoms. The van der Waals surface area contributed by atoms with Crippen molar-refractivity contribution in [3.63, 3.8) is 0 Å². The molecule has 0 spiro atoms. The Bertz CT molecular complexity index is 209. The third-order valence-electron chi connectivity index (χ3n) is 4.45. The van der Waals surface area contributed by atoms with E-state index in [4.69, 9.17) is 5.73 Å². The van der Waals surface area contributed by atoms with Gasteiger partial charge < -0.3 is 10.6 Å². The second-order valence-corrected chi connectivity index (χ2v) is 6.16. The monoisotopic (exact) mass is 210 g/mol. The third kappa shape index (κ3) is 2.73. The van der Waals surface area contributed by atoms with Crippen LogP contribution in [0.15, 0.2) is 0 Å². The maximum Gasteiger partial charge on any atom is 0.00509 e. The van der Waals surface area contributed by atoms with Gasteiger partial charge in [0.25, 0.3) is 0 Å². The molecule has 0 amide bonds. The summed E-state index contributed by atoms with van der Waals surface area (Å²) in [7, 11) is 0. The molecule has 0 bridgehead atoms. The first kappa shape index (κ1) is 11.4. The number of hydrogen-bond acceptors (Lipinski definition) is 2. The highest BCUT2D eigenvalue weighted by molar-refractivity contribution is 4.88. The SMILES string of the molecule is CC(N)C1CCCN(CC2(C)CCC2)C1. The molecule has 2 rings (SSSR count). The highest BCUT2D eigenvalue weighted by atomic mass is 15.1. The van der Waals surface area contributed by atoms with Crippen molar-refractivity contribution in [2.24, 2.45) is 17.1 Å². The zero-order valence-electron chi connectivity index (χ0n) is 10.3. The smallest absolute Gasteiger partial charge is 0.00509 e. The minimum absolute atomic E-state index is 0.377. The van der Waals surface area contributed by atoms with Gasteiger partial charge in [0.05, 0.1) is 0 Å². The molecule has 88 valence electrons. The topological polar surface area (TPSA) is 29.3 Å². The fraction of sp³-hybridized carbons (Fsp3) is 1.00. The summed E-state index contributed by atoms with van der Waals surface area (Å²) in [6.07, 6.45) is 7.01. The molecule has 2 heteroatoms. The summed E-state index contributed by atoms with van der Waals surface area (Å²) in [6.45, 7) is 8.48. The van der Waals surface area contributed by atoms with Crippen LogP contribution in [0, 0.1) is 11.3 Å². The van der Waals surface area contributed by atoms with Crippen LogP contribution in [0.25, 0.3) is 0 Å². The molecule has 1 saturated carbocycles. The average molecular weight is 210 g/mol. The quantitative estimate of drug-likeness (QED) is 0.774. The lowest BCUT2D eigenvalue weighted by Crippen LogP contribution is -2.47. The van der Waals surface area contributed by atoms with E-state index in [0.29, 0.717) is 11.5 Å². The van der Waals surface area contributed by atoms with Gasteiger partial charge in [0, 0.05) is 19.1 Å². The van der Waals surface area contributed by atoms with Crippen LogP contribution < -0.4 is 5.73 Å². The fourth-order valence-corrected chi connectivity index (χ4v) is 3.14. The molecule has 1 saturated heterocycles. The van der Waals surface area contributed by atoms with Crippen LogP contribution in [-0.2, 0) is 0 Å². The van der Waals surface area contributed by atoms with Gasteiger partial charge in [-0.25, -0.2) is 0 Å². The fourth-order valence-electron chi connectivity index (χ4n) is 3.14. The van der Waals surface area contributed by atoms with Gasteiger partial charge in [-0.1, -0.05) is 13.3 Å². The number of hydrogen-bond donors (Lipinski definition) is 1. The zero-order valence-corrected chi connectivity index (χ0v) is 10.3. The molecule has 2 N–H and O–H groups in total. The lowest BCUT2D eigenvalue weighted by atomic mass is 9.70. The van der Waals surface area contributed by atoms with Gasteiger partial charge in [-0.3, -0.25) is 0 Å². The van der Waals surface area contributed by atoms with Crippen LogP contribution in [0.4, 0.5) is 0 Å². The van der Waals surface area contributed by atoms with Crippen molar-refractivity contribution in [3.8, 4) is 0 Å². The van der Waals surface area contributed by atoms with Gasteiger partial charge in [-0.2, -0.15) is 0 Å². The van der Waals surface area contributed by atoms with E-state index in [2.05, 4.69) is 18.7 Å². The molecule has 1 heterocycles. The summed E-state index contributed by atoms with van der Waals surface area (Å²) in [5.74, 6) is 0.738. The molecule has 2 aliphatic rings. The largest absolute Gasteiger partial charge is 0.328 e. The first-order valence-corrected chi connectivity index (χ1v) is 6.57. The molecule has 0 aromatic heterocycles. The van der Waals surface area contributed by atoms with Crippen molar-refractivity contribution < 1.29 is 0 Å². The number of rotatable bonds is 3. The summed E-state index contributed by atoms with van der Waals surface area (Å²) in [4.78, 5) is 2.66. The van der Waals surface area contributed by atoms with Crippen LogP contribution >= 0.6 is 0 Å². The summed E-state index contributed by atoms with van der Waals surface area (Å²) in [5, 5.41) is 0.